The lowest BCUT2D eigenvalue weighted by Gasteiger charge is -2.31. The fourth-order valence-corrected chi connectivity index (χ4v) is 2.50. The molecule has 0 aromatic rings. The lowest BCUT2D eigenvalue weighted by Crippen LogP contribution is -2.57. The number of methoxy groups -OCH3 is 2. The zero-order valence-electron chi connectivity index (χ0n) is 12.3. The fraction of sp³-hybridized carbons (Fsp3) is 0.846. The molecular formula is C13H25ClN2O4. The molecule has 3 unspecified atom stereocenters. The lowest BCUT2D eigenvalue weighted by atomic mass is 9.85. The Morgan fingerprint density at radius 2 is 2.00 bits per heavy atom. The van der Waals surface area contributed by atoms with Crippen LogP contribution in [0, 0.1) is 5.92 Å². The van der Waals surface area contributed by atoms with Crippen LogP contribution in [0.15, 0.2) is 0 Å². The predicted octanol–water partition coefficient (Wildman–Crippen LogP) is 0.620. The van der Waals surface area contributed by atoms with Crippen molar-refractivity contribution in [1.82, 2.24) is 5.32 Å². The summed E-state index contributed by atoms with van der Waals surface area (Å²) in [6.07, 6.45) is 3.37. The maximum absolute atomic E-state index is 12.2. The molecule has 6 nitrogen and oxygen atoms in total. The number of carbonyl (C=O) groups excluding carboxylic acids is 2. The SMILES string of the molecule is COCC(C)(NC(=O)C1CCCC(N)C1)C(=O)OC.Cl. The van der Waals surface area contributed by atoms with Crippen molar-refractivity contribution in [2.24, 2.45) is 11.7 Å². The summed E-state index contributed by atoms with van der Waals surface area (Å²) < 4.78 is 9.72. The molecule has 118 valence electrons. The zero-order chi connectivity index (χ0) is 14.5. The Morgan fingerprint density at radius 3 is 2.50 bits per heavy atom. The molecule has 0 spiro atoms. The van der Waals surface area contributed by atoms with E-state index in [-0.39, 0.29) is 36.9 Å². The minimum absolute atomic E-state index is 0. The van der Waals surface area contributed by atoms with Gasteiger partial charge in [0.15, 0.2) is 5.54 Å². The summed E-state index contributed by atoms with van der Waals surface area (Å²) in [6, 6.07) is 0.0660. The minimum atomic E-state index is -1.15. The molecule has 0 aromatic heterocycles. The van der Waals surface area contributed by atoms with E-state index in [1.807, 2.05) is 0 Å². The van der Waals surface area contributed by atoms with Crippen LogP contribution in [0.5, 0.6) is 0 Å². The third-order valence-electron chi connectivity index (χ3n) is 3.55. The van der Waals surface area contributed by atoms with Gasteiger partial charge in [0.05, 0.1) is 13.7 Å². The molecule has 3 N–H and O–H groups in total. The molecule has 1 amide bonds. The Kier molecular flexibility index (Phi) is 8.08. The second kappa shape index (κ2) is 8.44. The molecule has 0 heterocycles. The van der Waals surface area contributed by atoms with Gasteiger partial charge in [-0.2, -0.15) is 0 Å². The summed E-state index contributed by atoms with van der Waals surface area (Å²) >= 11 is 0. The van der Waals surface area contributed by atoms with E-state index in [0.29, 0.717) is 6.42 Å². The van der Waals surface area contributed by atoms with Crippen LogP contribution in [-0.4, -0.2) is 44.3 Å². The van der Waals surface area contributed by atoms with Crippen molar-refractivity contribution < 1.29 is 19.1 Å². The monoisotopic (exact) mass is 308 g/mol. The van der Waals surface area contributed by atoms with Crippen molar-refractivity contribution in [3.63, 3.8) is 0 Å². The van der Waals surface area contributed by atoms with Gasteiger partial charge in [-0.05, 0) is 26.2 Å². The van der Waals surface area contributed by atoms with Crippen molar-refractivity contribution >= 4 is 24.3 Å². The molecule has 1 aliphatic rings. The van der Waals surface area contributed by atoms with Gasteiger partial charge in [-0.25, -0.2) is 4.79 Å². The van der Waals surface area contributed by atoms with Crippen LogP contribution in [0.1, 0.15) is 32.6 Å². The van der Waals surface area contributed by atoms with E-state index in [0.717, 1.165) is 19.3 Å². The molecule has 0 radical (unpaired) electrons. The second-order valence-electron chi connectivity index (χ2n) is 5.37. The van der Waals surface area contributed by atoms with Crippen LogP contribution in [0.2, 0.25) is 0 Å². The van der Waals surface area contributed by atoms with Crippen LogP contribution in [0.3, 0.4) is 0 Å². The van der Waals surface area contributed by atoms with Gasteiger partial charge in [0.2, 0.25) is 5.91 Å². The van der Waals surface area contributed by atoms with Crippen molar-refractivity contribution in [3.8, 4) is 0 Å². The number of ether oxygens (including phenoxy) is 2. The molecule has 0 aliphatic heterocycles. The normalized spacial score (nSPS) is 25.0. The van der Waals surface area contributed by atoms with Gasteiger partial charge in [-0.1, -0.05) is 6.42 Å². The van der Waals surface area contributed by atoms with Crippen molar-refractivity contribution in [2.75, 3.05) is 20.8 Å². The lowest BCUT2D eigenvalue weighted by molar-refractivity contribution is -0.153. The Morgan fingerprint density at radius 1 is 1.35 bits per heavy atom. The quantitative estimate of drug-likeness (QED) is 0.727. The van der Waals surface area contributed by atoms with Crippen LogP contribution in [0.4, 0.5) is 0 Å². The molecule has 7 heteroatoms. The first-order chi connectivity index (χ1) is 8.92. The Labute approximate surface area is 126 Å². The van der Waals surface area contributed by atoms with E-state index in [4.69, 9.17) is 15.2 Å². The van der Waals surface area contributed by atoms with Gasteiger partial charge in [-0.15, -0.1) is 12.4 Å². The average molecular weight is 309 g/mol. The first-order valence-corrected chi connectivity index (χ1v) is 6.58. The standard InChI is InChI=1S/C13H24N2O4.ClH/c1-13(8-18-2,12(17)19-3)15-11(16)9-5-4-6-10(14)7-9;/h9-10H,4-8,14H2,1-3H3,(H,15,16);1H. The Balaban J connectivity index is 0.00000361. The highest BCUT2D eigenvalue weighted by Gasteiger charge is 2.38. The van der Waals surface area contributed by atoms with E-state index in [1.54, 1.807) is 6.92 Å². The number of halogens is 1. The first kappa shape index (κ1) is 19.1. The highest BCUT2D eigenvalue weighted by atomic mass is 35.5. The third-order valence-corrected chi connectivity index (χ3v) is 3.55. The average Bonchev–Trinajstić information content (AvgIpc) is 2.37. The van der Waals surface area contributed by atoms with E-state index in [2.05, 4.69) is 5.32 Å². The van der Waals surface area contributed by atoms with Gasteiger partial charge in [0.25, 0.3) is 0 Å². The number of esters is 1. The summed E-state index contributed by atoms with van der Waals surface area (Å²) in [5, 5.41) is 2.74. The molecule has 1 rings (SSSR count). The van der Waals surface area contributed by atoms with Gasteiger partial charge in [0, 0.05) is 19.1 Å². The molecule has 1 aliphatic carbocycles. The Bertz CT molecular complexity index is 340. The first-order valence-electron chi connectivity index (χ1n) is 6.58. The topological polar surface area (TPSA) is 90.6 Å². The van der Waals surface area contributed by atoms with Crippen LogP contribution >= 0.6 is 12.4 Å². The largest absolute Gasteiger partial charge is 0.467 e. The number of carbonyl (C=O) groups is 2. The number of rotatable bonds is 5. The number of nitrogens with two attached hydrogens (primary N) is 1. The van der Waals surface area contributed by atoms with Crippen molar-refractivity contribution in [3.05, 3.63) is 0 Å². The molecular weight excluding hydrogens is 284 g/mol. The van der Waals surface area contributed by atoms with Gasteiger partial charge < -0.3 is 20.5 Å². The third kappa shape index (κ3) is 4.92. The molecule has 0 aromatic carbocycles. The van der Waals surface area contributed by atoms with E-state index in [1.165, 1.54) is 14.2 Å². The van der Waals surface area contributed by atoms with Gasteiger partial charge in [0.1, 0.15) is 0 Å². The van der Waals surface area contributed by atoms with Crippen molar-refractivity contribution in [1.29, 1.82) is 0 Å². The van der Waals surface area contributed by atoms with Gasteiger partial charge >= 0.3 is 5.97 Å². The number of hydrogen-bond acceptors (Lipinski definition) is 5. The van der Waals surface area contributed by atoms with E-state index in [9.17, 15) is 9.59 Å². The number of hydrogen-bond donors (Lipinski definition) is 2. The molecule has 0 saturated heterocycles. The Hall–Kier alpha value is -0.850. The summed E-state index contributed by atoms with van der Waals surface area (Å²) in [5.74, 6) is -0.799. The molecule has 0 bridgehead atoms. The maximum atomic E-state index is 12.2. The summed E-state index contributed by atoms with van der Waals surface area (Å²) in [4.78, 5) is 24.0. The van der Waals surface area contributed by atoms with Crippen molar-refractivity contribution in [2.45, 2.75) is 44.2 Å². The summed E-state index contributed by atoms with van der Waals surface area (Å²) in [6.45, 7) is 1.67. The molecule has 1 saturated carbocycles. The summed E-state index contributed by atoms with van der Waals surface area (Å²) in [7, 11) is 2.77. The fourth-order valence-electron chi connectivity index (χ4n) is 2.50. The highest BCUT2D eigenvalue weighted by molar-refractivity contribution is 5.88. The summed E-state index contributed by atoms with van der Waals surface area (Å²) in [5.41, 5.74) is 4.72. The number of nitrogens with one attached hydrogen (secondary N) is 1. The van der Waals surface area contributed by atoms with Crippen LogP contribution in [0.25, 0.3) is 0 Å². The zero-order valence-corrected chi connectivity index (χ0v) is 13.1. The smallest absolute Gasteiger partial charge is 0.333 e. The second-order valence-corrected chi connectivity index (χ2v) is 5.37. The van der Waals surface area contributed by atoms with E-state index < -0.39 is 11.5 Å². The van der Waals surface area contributed by atoms with E-state index >= 15 is 0 Å². The maximum Gasteiger partial charge on any atom is 0.333 e. The van der Waals surface area contributed by atoms with Crippen LogP contribution < -0.4 is 11.1 Å². The molecule has 1 fully saturated rings. The molecule has 20 heavy (non-hydrogen) atoms. The molecule has 3 atom stereocenters. The van der Waals surface area contributed by atoms with Crippen LogP contribution in [-0.2, 0) is 19.1 Å². The number of amides is 1. The van der Waals surface area contributed by atoms with Gasteiger partial charge in [-0.3, -0.25) is 4.79 Å². The highest BCUT2D eigenvalue weighted by Crippen LogP contribution is 2.24. The minimum Gasteiger partial charge on any atom is -0.467 e. The predicted molar refractivity (Wildman–Crippen MR) is 77.6 cm³/mol.